The van der Waals surface area contributed by atoms with Crippen molar-refractivity contribution in [3.63, 3.8) is 0 Å². The summed E-state index contributed by atoms with van der Waals surface area (Å²) in [5.41, 5.74) is 0. The lowest BCUT2D eigenvalue weighted by molar-refractivity contribution is 0.201. The van der Waals surface area contributed by atoms with Crippen LogP contribution in [0.15, 0.2) is 0 Å². The molecule has 2 N–H and O–H groups in total. The number of nitrogens with zero attached hydrogens (tertiary/aromatic N) is 1. The predicted molar refractivity (Wildman–Crippen MR) is 55.2 cm³/mol. The van der Waals surface area contributed by atoms with Gasteiger partial charge in [0.05, 0.1) is 0 Å². The number of carbonyl (C=O) groups is 1. The zero-order valence-electron chi connectivity index (χ0n) is 8.75. The first-order valence-electron chi connectivity index (χ1n) is 5.52. The lowest BCUT2D eigenvalue weighted by atomic mass is 9.94. The van der Waals surface area contributed by atoms with Gasteiger partial charge >= 0.3 is 6.03 Å². The second-order valence-electron chi connectivity index (χ2n) is 4.46. The molecule has 2 aliphatic heterocycles. The summed E-state index contributed by atoms with van der Waals surface area (Å²) in [5, 5.41) is 6.30. The largest absolute Gasteiger partial charge is 0.336 e. The smallest absolute Gasteiger partial charge is 0.317 e. The SMILES string of the molecule is CC1CCNC(CN2CCNC2=O)C1. The maximum Gasteiger partial charge on any atom is 0.317 e. The molecule has 0 saturated carbocycles. The van der Waals surface area contributed by atoms with Gasteiger partial charge in [0.2, 0.25) is 0 Å². The average molecular weight is 197 g/mol. The predicted octanol–water partition coefficient (Wildman–Crippen LogP) is 0.400. The van der Waals surface area contributed by atoms with Gasteiger partial charge in [-0.05, 0) is 25.3 Å². The molecule has 80 valence electrons. The molecule has 2 atom stereocenters. The number of nitrogens with one attached hydrogen (secondary N) is 2. The molecule has 2 saturated heterocycles. The van der Waals surface area contributed by atoms with Crippen LogP contribution >= 0.6 is 0 Å². The van der Waals surface area contributed by atoms with Gasteiger partial charge in [0.1, 0.15) is 0 Å². The minimum atomic E-state index is 0.102. The second kappa shape index (κ2) is 4.17. The fourth-order valence-electron chi connectivity index (χ4n) is 2.31. The Bertz CT molecular complexity index is 219. The van der Waals surface area contributed by atoms with Crippen LogP contribution in [0, 0.1) is 5.92 Å². The average Bonchev–Trinajstić information content (AvgIpc) is 2.52. The third-order valence-corrected chi connectivity index (χ3v) is 3.14. The van der Waals surface area contributed by atoms with Crippen LogP contribution in [0.2, 0.25) is 0 Å². The van der Waals surface area contributed by atoms with Gasteiger partial charge in [0.15, 0.2) is 0 Å². The molecule has 0 aliphatic carbocycles. The summed E-state index contributed by atoms with van der Waals surface area (Å²) in [6.07, 6.45) is 2.46. The molecule has 0 aromatic heterocycles. The van der Waals surface area contributed by atoms with Gasteiger partial charge in [-0.2, -0.15) is 0 Å². The maximum atomic E-state index is 11.3. The lowest BCUT2D eigenvalue weighted by Gasteiger charge is -2.30. The number of piperidine rings is 1. The summed E-state index contributed by atoms with van der Waals surface area (Å²) >= 11 is 0. The molecule has 0 aromatic carbocycles. The van der Waals surface area contributed by atoms with E-state index in [2.05, 4.69) is 17.6 Å². The standard InChI is InChI=1S/C10H19N3O/c1-8-2-3-11-9(6-8)7-13-5-4-12-10(13)14/h8-9,11H,2-7H2,1H3,(H,12,14). The molecule has 0 aromatic rings. The Morgan fingerprint density at radius 2 is 2.36 bits per heavy atom. The number of carbonyl (C=O) groups excluding carboxylic acids is 1. The summed E-state index contributed by atoms with van der Waals surface area (Å²) in [6.45, 7) is 5.93. The van der Waals surface area contributed by atoms with Crippen molar-refractivity contribution in [2.24, 2.45) is 5.92 Å². The van der Waals surface area contributed by atoms with Gasteiger partial charge in [-0.1, -0.05) is 6.92 Å². The van der Waals surface area contributed by atoms with E-state index in [4.69, 9.17) is 0 Å². The van der Waals surface area contributed by atoms with Crippen LogP contribution in [0.25, 0.3) is 0 Å². The van der Waals surface area contributed by atoms with E-state index in [0.29, 0.717) is 6.04 Å². The molecule has 4 heteroatoms. The van der Waals surface area contributed by atoms with Crippen molar-refractivity contribution in [1.82, 2.24) is 15.5 Å². The van der Waals surface area contributed by atoms with E-state index < -0.39 is 0 Å². The summed E-state index contributed by atoms with van der Waals surface area (Å²) in [7, 11) is 0. The highest BCUT2D eigenvalue weighted by Gasteiger charge is 2.25. The molecule has 2 heterocycles. The molecule has 0 spiro atoms. The van der Waals surface area contributed by atoms with Crippen LogP contribution in [0.3, 0.4) is 0 Å². The van der Waals surface area contributed by atoms with E-state index in [-0.39, 0.29) is 6.03 Å². The van der Waals surface area contributed by atoms with Gasteiger partial charge in [0.25, 0.3) is 0 Å². The van der Waals surface area contributed by atoms with Crippen LogP contribution in [-0.4, -0.2) is 43.2 Å². The molecule has 2 rings (SSSR count). The molecule has 2 unspecified atom stereocenters. The van der Waals surface area contributed by atoms with E-state index in [1.54, 1.807) is 0 Å². The molecular weight excluding hydrogens is 178 g/mol. The zero-order valence-corrected chi connectivity index (χ0v) is 8.75. The van der Waals surface area contributed by atoms with Crippen LogP contribution in [-0.2, 0) is 0 Å². The highest BCUT2D eigenvalue weighted by Crippen LogP contribution is 2.16. The Labute approximate surface area is 85.0 Å². The van der Waals surface area contributed by atoms with Crippen LogP contribution in [0.4, 0.5) is 4.79 Å². The number of amides is 2. The molecule has 4 nitrogen and oxygen atoms in total. The summed E-state index contributed by atoms with van der Waals surface area (Å²) in [4.78, 5) is 13.2. The molecular formula is C10H19N3O. The normalized spacial score (nSPS) is 33.2. The minimum Gasteiger partial charge on any atom is -0.336 e. The van der Waals surface area contributed by atoms with Gasteiger partial charge in [-0.25, -0.2) is 4.79 Å². The van der Waals surface area contributed by atoms with E-state index in [0.717, 1.165) is 32.1 Å². The quantitative estimate of drug-likeness (QED) is 0.673. The number of rotatable bonds is 2. The van der Waals surface area contributed by atoms with Gasteiger partial charge in [0, 0.05) is 25.7 Å². The Morgan fingerprint density at radius 3 is 3.00 bits per heavy atom. The van der Waals surface area contributed by atoms with Crippen molar-refractivity contribution in [3.05, 3.63) is 0 Å². The van der Waals surface area contributed by atoms with Crippen molar-refractivity contribution in [3.8, 4) is 0 Å². The summed E-state index contributed by atoms with van der Waals surface area (Å²) in [6, 6.07) is 0.604. The highest BCUT2D eigenvalue weighted by molar-refractivity contribution is 5.76. The Kier molecular flexibility index (Phi) is 2.91. The zero-order chi connectivity index (χ0) is 9.97. The van der Waals surface area contributed by atoms with Crippen molar-refractivity contribution in [2.75, 3.05) is 26.2 Å². The third-order valence-electron chi connectivity index (χ3n) is 3.14. The van der Waals surface area contributed by atoms with Crippen LogP contribution < -0.4 is 10.6 Å². The number of urea groups is 1. The van der Waals surface area contributed by atoms with E-state index in [1.807, 2.05) is 4.90 Å². The minimum absolute atomic E-state index is 0.102. The summed E-state index contributed by atoms with van der Waals surface area (Å²) in [5.74, 6) is 0.798. The Morgan fingerprint density at radius 1 is 1.50 bits per heavy atom. The number of hydrogen-bond acceptors (Lipinski definition) is 2. The fourth-order valence-corrected chi connectivity index (χ4v) is 2.31. The van der Waals surface area contributed by atoms with Crippen molar-refractivity contribution in [1.29, 1.82) is 0 Å². The molecule has 0 radical (unpaired) electrons. The lowest BCUT2D eigenvalue weighted by Crippen LogP contribution is -2.46. The first kappa shape index (κ1) is 9.77. The van der Waals surface area contributed by atoms with Gasteiger partial charge in [-0.15, -0.1) is 0 Å². The highest BCUT2D eigenvalue weighted by atomic mass is 16.2. The van der Waals surface area contributed by atoms with E-state index in [9.17, 15) is 4.79 Å². The van der Waals surface area contributed by atoms with Gasteiger partial charge in [-0.3, -0.25) is 0 Å². The molecule has 14 heavy (non-hydrogen) atoms. The third kappa shape index (κ3) is 2.18. The second-order valence-corrected chi connectivity index (χ2v) is 4.46. The van der Waals surface area contributed by atoms with E-state index in [1.165, 1.54) is 12.8 Å². The first-order chi connectivity index (χ1) is 6.75. The Hall–Kier alpha value is -0.770. The van der Waals surface area contributed by atoms with Crippen molar-refractivity contribution >= 4 is 6.03 Å². The van der Waals surface area contributed by atoms with Crippen LogP contribution in [0.1, 0.15) is 19.8 Å². The topological polar surface area (TPSA) is 44.4 Å². The van der Waals surface area contributed by atoms with Gasteiger partial charge < -0.3 is 15.5 Å². The molecule has 0 bridgehead atoms. The maximum absolute atomic E-state index is 11.3. The molecule has 2 fully saturated rings. The Balaban J connectivity index is 1.81. The fraction of sp³-hybridized carbons (Fsp3) is 0.900. The van der Waals surface area contributed by atoms with Crippen molar-refractivity contribution in [2.45, 2.75) is 25.8 Å². The monoisotopic (exact) mass is 197 g/mol. The molecule has 2 aliphatic rings. The van der Waals surface area contributed by atoms with Crippen molar-refractivity contribution < 1.29 is 4.79 Å². The first-order valence-corrected chi connectivity index (χ1v) is 5.52. The summed E-state index contributed by atoms with van der Waals surface area (Å²) < 4.78 is 0. The van der Waals surface area contributed by atoms with E-state index >= 15 is 0 Å². The van der Waals surface area contributed by atoms with Crippen LogP contribution in [0.5, 0.6) is 0 Å². The number of hydrogen-bond donors (Lipinski definition) is 2. The molecule has 2 amide bonds.